The summed E-state index contributed by atoms with van der Waals surface area (Å²) in [5.41, 5.74) is 7.73. The maximum atomic E-state index is 5.59. The van der Waals surface area contributed by atoms with E-state index in [1.165, 1.54) is 0 Å². The van der Waals surface area contributed by atoms with Crippen LogP contribution in [0.15, 0.2) is 6.20 Å². The SMILES string of the molecule is CC(C)COCc1c(CN)cnn1C. The zero-order valence-electron chi connectivity index (χ0n) is 9.16. The van der Waals surface area contributed by atoms with Crippen molar-refractivity contribution in [3.8, 4) is 0 Å². The van der Waals surface area contributed by atoms with Gasteiger partial charge in [0.2, 0.25) is 0 Å². The second-order valence-electron chi connectivity index (χ2n) is 3.85. The maximum absolute atomic E-state index is 5.59. The van der Waals surface area contributed by atoms with Crippen LogP contribution in [-0.4, -0.2) is 16.4 Å². The van der Waals surface area contributed by atoms with Crippen LogP contribution in [0.4, 0.5) is 0 Å². The molecule has 0 amide bonds. The molecule has 0 aliphatic rings. The minimum Gasteiger partial charge on any atom is -0.375 e. The monoisotopic (exact) mass is 197 g/mol. The third-order valence-electron chi connectivity index (χ3n) is 2.06. The number of aryl methyl sites for hydroxylation is 1. The number of nitrogens with zero attached hydrogens (tertiary/aromatic N) is 2. The van der Waals surface area contributed by atoms with Crippen LogP contribution in [0, 0.1) is 5.92 Å². The molecule has 0 spiro atoms. The van der Waals surface area contributed by atoms with Crippen LogP contribution in [0.1, 0.15) is 25.1 Å². The van der Waals surface area contributed by atoms with Gasteiger partial charge in [-0.3, -0.25) is 4.68 Å². The number of rotatable bonds is 5. The van der Waals surface area contributed by atoms with Crippen molar-refractivity contribution in [2.75, 3.05) is 6.61 Å². The Balaban J connectivity index is 2.52. The average molecular weight is 197 g/mol. The Hall–Kier alpha value is -0.870. The number of hydrogen-bond donors (Lipinski definition) is 1. The van der Waals surface area contributed by atoms with E-state index in [4.69, 9.17) is 10.5 Å². The summed E-state index contributed by atoms with van der Waals surface area (Å²) in [6.07, 6.45) is 1.80. The summed E-state index contributed by atoms with van der Waals surface area (Å²) in [5.74, 6) is 0.560. The van der Waals surface area contributed by atoms with E-state index in [1.54, 1.807) is 6.20 Å². The lowest BCUT2D eigenvalue weighted by Gasteiger charge is -2.08. The van der Waals surface area contributed by atoms with Crippen LogP contribution >= 0.6 is 0 Å². The Morgan fingerprint density at radius 2 is 2.29 bits per heavy atom. The minimum absolute atomic E-state index is 0.522. The highest BCUT2D eigenvalue weighted by Crippen LogP contribution is 2.08. The predicted molar refractivity (Wildman–Crippen MR) is 55.6 cm³/mol. The van der Waals surface area contributed by atoms with E-state index < -0.39 is 0 Å². The molecule has 2 N–H and O–H groups in total. The third-order valence-corrected chi connectivity index (χ3v) is 2.06. The summed E-state index contributed by atoms with van der Waals surface area (Å²) in [4.78, 5) is 0. The largest absolute Gasteiger partial charge is 0.375 e. The minimum atomic E-state index is 0.522. The van der Waals surface area contributed by atoms with E-state index in [9.17, 15) is 0 Å². The Morgan fingerprint density at radius 1 is 1.57 bits per heavy atom. The number of hydrogen-bond acceptors (Lipinski definition) is 3. The Kier molecular flexibility index (Phi) is 4.10. The summed E-state index contributed by atoms with van der Waals surface area (Å²) in [7, 11) is 1.91. The highest BCUT2D eigenvalue weighted by Gasteiger charge is 2.07. The molecule has 0 bridgehead atoms. The average Bonchev–Trinajstić information content (AvgIpc) is 2.47. The van der Waals surface area contributed by atoms with E-state index in [-0.39, 0.29) is 0 Å². The quantitative estimate of drug-likeness (QED) is 0.767. The van der Waals surface area contributed by atoms with Gasteiger partial charge in [-0.15, -0.1) is 0 Å². The van der Waals surface area contributed by atoms with Crippen LogP contribution in [0.3, 0.4) is 0 Å². The van der Waals surface area contributed by atoms with Crippen molar-refractivity contribution < 1.29 is 4.74 Å². The van der Waals surface area contributed by atoms with Crippen molar-refractivity contribution in [2.45, 2.75) is 27.0 Å². The Morgan fingerprint density at radius 3 is 2.86 bits per heavy atom. The lowest BCUT2D eigenvalue weighted by Crippen LogP contribution is -2.08. The first kappa shape index (κ1) is 11.2. The van der Waals surface area contributed by atoms with Crippen molar-refractivity contribution in [3.05, 3.63) is 17.5 Å². The molecule has 4 heteroatoms. The Bertz CT molecular complexity index is 281. The van der Waals surface area contributed by atoms with E-state index in [0.29, 0.717) is 19.1 Å². The summed E-state index contributed by atoms with van der Waals surface area (Å²) in [6, 6.07) is 0. The smallest absolute Gasteiger partial charge is 0.0888 e. The molecule has 0 fully saturated rings. The number of nitrogens with two attached hydrogens (primary N) is 1. The van der Waals surface area contributed by atoms with Gasteiger partial charge >= 0.3 is 0 Å². The topological polar surface area (TPSA) is 53.1 Å². The first-order valence-electron chi connectivity index (χ1n) is 4.92. The van der Waals surface area contributed by atoms with Gasteiger partial charge in [0.05, 0.1) is 18.5 Å². The van der Waals surface area contributed by atoms with Crippen LogP contribution in [-0.2, 0) is 24.9 Å². The predicted octanol–water partition coefficient (Wildman–Crippen LogP) is 1.05. The molecule has 80 valence electrons. The molecule has 0 unspecified atom stereocenters. The fourth-order valence-electron chi connectivity index (χ4n) is 1.26. The van der Waals surface area contributed by atoms with Gasteiger partial charge in [-0.05, 0) is 5.92 Å². The van der Waals surface area contributed by atoms with Crippen molar-refractivity contribution in [3.63, 3.8) is 0 Å². The molecule has 1 rings (SSSR count). The van der Waals surface area contributed by atoms with Crippen molar-refractivity contribution in [1.29, 1.82) is 0 Å². The fraction of sp³-hybridized carbons (Fsp3) is 0.700. The van der Waals surface area contributed by atoms with Crippen LogP contribution in [0.5, 0.6) is 0 Å². The van der Waals surface area contributed by atoms with Crippen LogP contribution < -0.4 is 5.73 Å². The van der Waals surface area contributed by atoms with Gasteiger partial charge in [0.25, 0.3) is 0 Å². The molecular weight excluding hydrogens is 178 g/mol. The molecule has 0 aromatic carbocycles. The molecule has 0 saturated heterocycles. The second kappa shape index (κ2) is 5.12. The molecule has 1 aromatic heterocycles. The standard InChI is InChI=1S/C10H19N3O/c1-8(2)6-14-7-10-9(4-11)5-12-13(10)3/h5,8H,4,6-7,11H2,1-3H3. The van der Waals surface area contributed by atoms with Crippen molar-refractivity contribution >= 4 is 0 Å². The highest BCUT2D eigenvalue weighted by molar-refractivity contribution is 5.16. The fourth-order valence-corrected chi connectivity index (χ4v) is 1.26. The van der Waals surface area contributed by atoms with E-state index >= 15 is 0 Å². The maximum Gasteiger partial charge on any atom is 0.0888 e. The molecule has 0 aliphatic carbocycles. The van der Waals surface area contributed by atoms with Gasteiger partial charge < -0.3 is 10.5 Å². The summed E-state index contributed by atoms with van der Waals surface area (Å²) in [6.45, 7) is 6.16. The zero-order chi connectivity index (χ0) is 10.6. The number of aromatic nitrogens is 2. The molecule has 0 saturated carbocycles. The van der Waals surface area contributed by atoms with Gasteiger partial charge in [0, 0.05) is 25.8 Å². The molecule has 1 heterocycles. The van der Waals surface area contributed by atoms with Crippen LogP contribution in [0.2, 0.25) is 0 Å². The van der Waals surface area contributed by atoms with Gasteiger partial charge in [-0.1, -0.05) is 13.8 Å². The Labute approximate surface area is 85.0 Å². The highest BCUT2D eigenvalue weighted by atomic mass is 16.5. The van der Waals surface area contributed by atoms with Crippen LogP contribution in [0.25, 0.3) is 0 Å². The summed E-state index contributed by atoms with van der Waals surface area (Å²) >= 11 is 0. The normalized spacial score (nSPS) is 11.2. The zero-order valence-corrected chi connectivity index (χ0v) is 9.16. The molecule has 0 radical (unpaired) electrons. The molecule has 0 atom stereocenters. The lowest BCUT2D eigenvalue weighted by atomic mass is 10.2. The number of ether oxygens (including phenoxy) is 1. The van der Waals surface area contributed by atoms with Gasteiger partial charge in [-0.2, -0.15) is 5.10 Å². The van der Waals surface area contributed by atoms with E-state index in [0.717, 1.165) is 17.9 Å². The molecular formula is C10H19N3O. The van der Waals surface area contributed by atoms with E-state index in [2.05, 4.69) is 18.9 Å². The third kappa shape index (κ3) is 2.82. The second-order valence-corrected chi connectivity index (χ2v) is 3.85. The summed E-state index contributed by atoms with van der Waals surface area (Å²) in [5, 5.41) is 4.14. The lowest BCUT2D eigenvalue weighted by molar-refractivity contribution is 0.0921. The van der Waals surface area contributed by atoms with Gasteiger partial charge in [0.15, 0.2) is 0 Å². The molecule has 1 aromatic rings. The van der Waals surface area contributed by atoms with Crippen molar-refractivity contribution in [1.82, 2.24) is 9.78 Å². The molecule has 14 heavy (non-hydrogen) atoms. The molecule has 4 nitrogen and oxygen atoms in total. The van der Waals surface area contributed by atoms with Gasteiger partial charge in [-0.25, -0.2) is 0 Å². The molecule has 0 aliphatic heterocycles. The first-order valence-corrected chi connectivity index (χ1v) is 4.92. The van der Waals surface area contributed by atoms with Crippen molar-refractivity contribution in [2.24, 2.45) is 18.7 Å². The van der Waals surface area contributed by atoms with Gasteiger partial charge in [0.1, 0.15) is 0 Å². The summed E-state index contributed by atoms with van der Waals surface area (Å²) < 4.78 is 7.37. The van der Waals surface area contributed by atoms with E-state index in [1.807, 2.05) is 11.7 Å². The first-order chi connectivity index (χ1) is 6.65.